The molecule has 0 fully saturated rings. The van der Waals surface area contributed by atoms with Crippen molar-refractivity contribution in [1.29, 1.82) is 0 Å². The molecule has 0 saturated carbocycles. The lowest BCUT2D eigenvalue weighted by Gasteiger charge is -2.39. The minimum atomic E-state index is -0.413. The zero-order valence-electron chi connectivity index (χ0n) is 18.1. The van der Waals surface area contributed by atoms with E-state index < -0.39 is 6.10 Å². The van der Waals surface area contributed by atoms with Crippen molar-refractivity contribution in [3.05, 3.63) is 106 Å². The van der Waals surface area contributed by atoms with Gasteiger partial charge in [-0.25, -0.2) is 9.07 Å². The lowest BCUT2D eigenvalue weighted by Crippen LogP contribution is -2.32. The number of aryl methyl sites for hydroxylation is 1. The molecule has 0 radical (unpaired) electrons. The Labute approximate surface area is 195 Å². The second-order valence-corrected chi connectivity index (χ2v) is 8.95. The Hall–Kier alpha value is -3.58. The lowest BCUT2D eigenvalue weighted by molar-refractivity contribution is 0.223. The third kappa shape index (κ3) is 3.31. The summed E-state index contributed by atoms with van der Waals surface area (Å²) in [5, 5.41) is 9.02. The third-order valence-electron chi connectivity index (χ3n) is 6.11. The fourth-order valence-corrected chi connectivity index (χ4v) is 4.87. The van der Waals surface area contributed by atoms with Crippen molar-refractivity contribution >= 4 is 23.4 Å². The van der Waals surface area contributed by atoms with Crippen molar-refractivity contribution in [3.63, 3.8) is 0 Å². The van der Waals surface area contributed by atoms with E-state index in [9.17, 15) is 4.39 Å². The second-order valence-electron chi connectivity index (χ2n) is 8.18. The summed E-state index contributed by atoms with van der Waals surface area (Å²) in [4.78, 5) is 4.72. The number of para-hydroxylation sites is 1. The zero-order valence-corrected chi connectivity index (χ0v) is 18.9. The minimum absolute atomic E-state index is 0.228. The van der Waals surface area contributed by atoms with E-state index in [0.29, 0.717) is 11.1 Å². The van der Waals surface area contributed by atoms with E-state index in [4.69, 9.17) is 14.8 Å². The van der Waals surface area contributed by atoms with Crippen LogP contribution in [0.15, 0.2) is 83.5 Å². The normalized spacial score (nSPS) is 18.6. The van der Waals surface area contributed by atoms with Gasteiger partial charge in [0, 0.05) is 11.1 Å². The Balaban J connectivity index is 1.62. The van der Waals surface area contributed by atoms with Crippen molar-refractivity contribution in [1.82, 2.24) is 14.8 Å². The van der Waals surface area contributed by atoms with E-state index in [-0.39, 0.29) is 11.9 Å². The zero-order chi connectivity index (χ0) is 22.5. The maximum atomic E-state index is 13.8. The molecular weight excluding hydrogens is 435 g/mol. The van der Waals surface area contributed by atoms with Crippen LogP contribution in [0.5, 0.6) is 5.75 Å². The SMILES string of the molecule is CSc1nc2n(n1)[C@H](c1ccc(C)cc1)C1=C(N2)c2ccccc2O[C@@H]1c1ccc(F)cc1. The van der Waals surface area contributed by atoms with Crippen LogP contribution in [0, 0.1) is 12.7 Å². The summed E-state index contributed by atoms with van der Waals surface area (Å²) < 4.78 is 22.3. The number of rotatable bonds is 3. The predicted octanol–water partition coefficient (Wildman–Crippen LogP) is 6.01. The lowest BCUT2D eigenvalue weighted by atomic mass is 9.84. The average molecular weight is 457 g/mol. The molecule has 0 bridgehead atoms. The van der Waals surface area contributed by atoms with Crippen LogP contribution in [0.3, 0.4) is 0 Å². The number of aromatic nitrogens is 3. The molecule has 2 aliphatic heterocycles. The molecule has 3 aromatic carbocycles. The highest BCUT2D eigenvalue weighted by atomic mass is 32.2. The Kier molecular flexibility index (Phi) is 4.73. The fraction of sp³-hybridized carbons (Fsp3) is 0.154. The molecule has 2 aliphatic rings. The van der Waals surface area contributed by atoms with Crippen LogP contribution in [0.4, 0.5) is 10.3 Å². The smallest absolute Gasteiger partial charge is 0.227 e. The number of hydrogen-bond acceptors (Lipinski definition) is 5. The number of halogens is 1. The first kappa shape index (κ1) is 20.1. The fourth-order valence-electron chi connectivity index (χ4n) is 4.53. The summed E-state index contributed by atoms with van der Waals surface area (Å²) in [5.74, 6) is 1.20. The number of ether oxygens (including phenoxy) is 1. The van der Waals surface area contributed by atoms with Gasteiger partial charge in [-0.05, 0) is 48.6 Å². The highest BCUT2D eigenvalue weighted by Crippen LogP contribution is 2.50. The van der Waals surface area contributed by atoms with Crippen molar-refractivity contribution < 1.29 is 9.13 Å². The van der Waals surface area contributed by atoms with Crippen LogP contribution in [0.1, 0.15) is 34.4 Å². The number of fused-ring (bicyclic) bond motifs is 3. The van der Waals surface area contributed by atoms with E-state index in [0.717, 1.165) is 33.7 Å². The van der Waals surface area contributed by atoms with Crippen LogP contribution < -0.4 is 10.1 Å². The molecule has 0 amide bonds. The monoisotopic (exact) mass is 456 g/mol. The van der Waals surface area contributed by atoms with Gasteiger partial charge in [0.05, 0.1) is 5.70 Å². The molecular formula is C26H21FN4OS. The highest BCUT2D eigenvalue weighted by Gasteiger charge is 2.41. The third-order valence-corrected chi connectivity index (χ3v) is 6.65. The number of nitrogens with zero attached hydrogens (tertiary/aromatic N) is 3. The first-order chi connectivity index (χ1) is 16.1. The summed E-state index contributed by atoms with van der Waals surface area (Å²) in [5.41, 5.74) is 6.11. The van der Waals surface area contributed by atoms with E-state index in [1.165, 1.54) is 29.5 Å². The van der Waals surface area contributed by atoms with Gasteiger partial charge < -0.3 is 10.1 Å². The van der Waals surface area contributed by atoms with Gasteiger partial charge in [-0.3, -0.25) is 0 Å². The Morgan fingerprint density at radius 2 is 1.70 bits per heavy atom. The van der Waals surface area contributed by atoms with Gasteiger partial charge >= 0.3 is 0 Å². The van der Waals surface area contributed by atoms with Gasteiger partial charge in [0.25, 0.3) is 0 Å². The molecule has 1 aromatic heterocycles. The number of thioether (sulfide) groups is 1. The summed E-state index contributed by atoms with van der Waals surface area (Å²) in [6.45, 7) is 2.07. The van der Waals surface area contributed by atoms with Crippen molar-refractivity contribution in [3.8, 4) is 5.75 Å². The van der Waals surface area contributed by atoms with Crippen LogP contribution >= 0.6 is 11.8 Å². The van der Waals surface area contributed by atoms with E-state index in [2.05, 4.69) is 36.5 Å². The molecule has 0 aliphatic carbocycles. The Morgan fingerprint density at radius 1 is 0.970 bits per heavy atom. The predicted molar refractivity (Wildman–Crippen MR) is 128 cm³/mol. The Bertz CT molecular complexity index is 1380. The molecule has 5 nitrogen and oxygen atoms in total. The van der Waals surface area contributed by atoms with Crippen LogP contribution in [-0.4, -0.2) is 21.0 Å². The van der Waals surface area contributed by atoms with Gasteiger partial charge in [0.2, 0.25) is 11.1 Å². The highest BCUT2D eigenvalue weighted by molar-refractivity contribution is 7.98. The number of nitrogens with one attached hydrogen (secondary N) is 1. The average Bonchev–Trinajstić information content (AvgIpc) is 3.26. The number of hydrogen-bond donors (Lipinski definition) is 1. The first-order valence-corrected chi connectivity index (χ1v) is 11.9. The molecule has 0 unspecified atom stereocenters. The molecule has 7 heteroatoms. The summed E-state index contributed by atoms with van der Waals surface area (Å²) in [6, 6.07) is 22.7. The Morgan fingerprint density at radius 3 is 2.45 bits per heavy atom. The summed E-state index contributed by atoms with van der Waals surface area (Å²) in [7, 11) is 0. The molecule has 4 aromatic rings. The van der Waals surface area contributed by atoms with Gasteiger partial charge in [0.1, 0.15) is 23.7 Å². The van der Waals surface area contributed by atoms with Crippen molar-refractivity contribution in [2.45, 2.75) is 24.2 Å². The van der Waals surface area contributed by atoms with Gasteiger partial charge in [-0.2, -0.15) is 4.98 Å². The first-order valence-electron chi connectivity index (χ1n) is 10.7. The minimum Gasteiger partial charge on any atom is -0.480 e. The molecule has 6 rings (SSSR count). The van der Waals surface area contributed by atoms with E-state index in [1.54, 1.807) is 12.1 Å². The number of benzene rings is 3. The van der Waals surface area contributed by atoms with Crippen molar-refractivity contribution in [2.75, 3.05) is 11.6 Å². The molecule has 33 heavy (non-hydrogen) atoms. The summed E-state index contributed by atoms with van der Waals surface area (Å²) >= 11 is 1.51. The van der Waals surface area contributed by atoms with Gasteiger partial charge in [0.15, 0.2) is 0 Å². The quantitative estimate of drug-likeness (QED) is 0.383. The maximum absolute atomic E-state index is 13.8. The molecule has 2 atom stereocenters. The standard InChI is InChI=1S/C26H21FN4OS/c1-15-7-9-16(10-8-15)23-21-22(28-25-29-26(33-2)30-31(23)25)19-5-3-4-6-20(19)32-24(21)17-11-13-18(27)14-12-17/h3-14,23-24H,1-2H3,(H,28,29,30)/t23-,24-/m1/s1. The largest absolute Gasteiger partial charge is 0.480 e. The topological polar surface area (TPSA) is 52.0 Å². The van der Waals surface area contributed by atoms with E-state index >= 15 is 0 Å². The summed E-state index contributed by atoms with van der Waals surface area (Å²) in [6.07, 6.45) is 1.55. The van der Waals surface area contributed by atoms with Gasteiger partial charge in [-0.15, -0.1) is 5.10 Å². The number of anilines is 1. The maximum Gasteiger partial charge on any atom is 0.227 e. The molecule has 164 valence electrons. The van der Waals surface area contributed by atoms with Crippen LogP contribution in [0.2, 0.25) is 0 Å². The van der Waals surface area contributed by atoms with E-state index in [1.807, 2.05) is 35.2 Å². The molecule has 0 saturated heterocycles. The molecule has 3 heterocycles. The van der Waals surface area contributed by atoms with Crippen LogP contribution in [-0.2, 0) is 0 Å². The molecule has 1 N–H and O–H groups in total. The molecule has 0 spiro atoms. The second kappa shape index (κ2) is 7.78. The van der Waals surface area contributed by atoms with Gasteiger partial charge in [-0.1, -0.05) is 65.9 Å². The van der Waals surface area contributed by atoms with Crippen LogP contribution in [0.25, 0.3) is 5.70 Å². The van der Waals surface area contributed by atoms with Crippen molar-refractivity contribution in [2.24, 2.45) is 0 Å².